The maximum absolute atomic E-state index is 8.74. The van der Waals surface area contributed by atoms with E-state index in [1.165, 1.54) is 25.0 Å². The minimum atomic E-state index is 0.0579. The van der Waals surface area contributed by atoms with Gasteiger partial charge in [0, 0.05) is 11.8 Å². The first-order valence-corrected chi connectivity index (χ1v) is 6.16. The van der Waals surface area contributed by atoms with Crippen molar-refractivity contribution >= 4 is 11.8 Å². The summed E-state index contributed by atoms with van der Waals surface area (Å²) in [5.41, 5.74) is 0. The number of thioether (sulfide) groups is 1. The van der Waals surface area contributed by atoms with Gasteiger partial charge < -0.3 is 5.32 Å². The van der Waals surface area contributed by atoms with E-state index in [-0.39, 0.29) is 6.04 Å². The third-order valence-corrected chi connectivity index (χ3v) is 3.83. The summed E-state index contributed by atoms with van der Waals surface area (Å²) in [6, 6.07) is 2.33. The molecular weight excluding hydrogens is 180 g/mol. The molecule has 0 amide bonds. The standard InChI is InChI=1S/C10H18N2S/c1-2-9(7-11)12-8-10-5-3-4-6-13-10/h9-10,12H,2-6,8H2,1H3. The highest BCUT2D eigenvalue weighted by atomic mass is 32.2. The van der Waals surface area contributed by atoms with Crippen LogP contribution in [-0.4, -0.2) is 23.6 Å². The van der Waals surface area contributed by atoms with Crippen molar-refractivity contribution in [3.8, 4) is 6.07 Å². The van der Waals surface area contributed by atoms with Crippen LogP contribution in [0.1, 0.15) is 32.6 Å². The third-order valence-electron chi connectivity index (χ3n) is 2.43. The van der Waals surface area contributed by atoms with Gasteiger partial charge in [0.2, 0.25) is 0 Å². The van der Waals surface area contributed by atoms with Gasteiger partial charge in [-0.1, -0.05) is 13.3 Å². The summed E-state index contributed by atoms with van der Waals surface area (Å²) < 4.78 is 0. The van der Waals surface area contributed by atoms with Gasteiger partial charge in [0.25, 0.3) is 0 Å². The van der Waals surface area contributed by atoms with Gasteiger partial charge in [-0.2, -0.15) is 17.0 Å². The van der Waals surface area contributed by atoms with Crippen molar-refractivity contribution in [2.24, 2.45) is 0 Å². The predicted molar refractivity (Wildman–Crippen MR) is 57.8 cm³/mol. The largest absolute Gasteiger partial charge is 0.301 e. The lowest BCUT2D eigenvalue weighted by Gasteiger charge is -2.22. The van der Waals surface area contributed by atoms with E-state index in [9.17, 15) is 0 Å². The van der Waals surface area contributed by atoms with E-state index in [1.807, 2.05) is 0 Å². The average Bonchev–Trinajstić information content (AvgIpc) is 2.21. The zero-order chi connectivity index (χ0) is 9.52. The molecule has 2 atom stereocenters. The van der Waals surface area contributed by atoms with E-state index in [2.05, 4.69) is 30.1 Å². The lowest BCUT2D eigenvalue weighted by atomic mass is 10.1. The number of rotatable bonds is 4. The second kappa shape index (κ2) is 6.28. The van der Waals surface area contributed by atoms with Crippen LogP contribution >= 0.6 is 11.8 Å². The normalized spacial score (nSPS) is 25.1. The van der Waals surface area contributed by atoms with Gasteiger partial charge in [0.1, 0.15) is 0 Å². The molecule has 0 saturated carbocycles. The van der Waals surface area contributed by atoms with Crippen LogP contribution in [0.5, 0.6) is 0 Å². The summed E-state index contributed by atoms with van der Waals surface area (Å²) >= 11 is 2.05. The van der Waals surface area contributed by atoms with Crippen LogP contribution in [0.25, 0.3) is 0 Å². The van der Waals surface area contributed by atoms with Crippen molar-refractivity contribution in [2.75, 3.05) is 12.3 Å². The fourth-order valence-corrected chi connectivity index (χ4v) is 2.77. The number of hydrogen-bond acceptors (Lipinski definition) is 3. The molecule has 0 aromatic carbocycles. The molecule has 1 aliphatic rings. The molecule has 1 rings (SSSR count). The quantitative estimate of drug-likeness (QED) is 0.752. The average molecular weight is 198 g/mol. The van der Waals surface area contributed by atoms with Gasteiger partial charge in [-0.15, -0.1) is 0 Å². The Bertz CT molecular complexity index is 170. The van der Waals surface area contributed by atoms with Crippen LogP contribution < -0.4 is 5.32 Å². The zero-order valence-electron chi connectivity index (χ0n) is 8.25. The number of nitriles is 1. The molecule has 0 radical (unpaired) electrons. The van der Waals surface area contributed by atoms with Crippen LogP contribution in [0.2, 0.25) is 0 Å². The van der Waals surface area contributed by atoms with Gasteiger partial charge in [-0.3, -0.25) is 0 Å². The Morgan fingerprint density at radius 1 is 1.62 bits per heavy atom. The zero-order valence-corrected chi connectivity index (χ0v) is 9.07. The molecule has 2 nitrogen and oxygen atoms in total. The van der Waals surface area contributed by atoms with Crippen LogP contribution in [0.3, 0.4) is 0 Å². The maximum Gasteiger partial charge on any atom is 0.0950 e. The summed E-state index contributed by atoms with van der Waals surface area (Å²) in [6.07, 6.45) is 4.97. The molecule has 1 N–H and O–H groups in total. The van der Waals surface area contributed by atoms with Gasteiger partial charge in [-0.25, -0.2) is 0 Å². The van der Waals surface area contributed by atoms with Crippen molar-refractivity contribution < 1.29 is 0 Å². The summed E-state index contributed by atoms with van der Waals surface area (Å²) in [5.74, 6) is 1.30. The van der Waals surface area contributed by atoms with Gasteiger partial charge >= 0.3 is 0 Å². The summed E-state index contributed by atoms with van der Waals surface area (Å²) in [5, 5.41) is 12.8. The predicted octanol–water partition coefficient (Wildman–Crippen LogP) is 2.16. The molecule has 1 saturated heterocycles. The lowest BCUT2D eigenvalue weighted by molar-refractivity contribution is 0.548. The first kappa shape index (κ1) is 10.9. The topological polar surface area (TPSA) is 35.8 Å². The van der Waals surface area contributed by atoms with Gasteiger partial charge in [-0.05, 0) is 25.0 Å². The van der Waals surface area contributed by atoms with Crippen molar-refractivity contribution in [1.29, 1.82) is 5.26 Å². The Hall–Kier alpha value is -0.200. The van der Waals surface area contributed by atoms with Crippen LogP contribution in [0.4, 0.5) is 0 Å². The summed E-state index contributed by atoms with van der Waals surface area (Å²) in [7, 11) is 0. The van der Waals surface area contributed by atoms with Crippen molar-refractivity contribution in [3.63, 3.8) is 0 Å². The highest BCUT2D eigenvalue weighted by Gasteiger charge is 2.14. The Labute approximate surface area is 85.1 Å². The second-order valence-corrected chi connectivity index (χ2v) is 4.90. The van der Waals surface area contributed by atoms with E-state index >= 15 is 0 Å². The molecular formula is C10H18N2S. The maximum atomic E-state index is 8.74. The van der Waals surface area contributed by atoms with Crippen LogP contribution in [-0.2, 0) is 0 Å². The highest BCUT2D eigenvalue weighted by Crippen LogP contribution is 2.24. The van der Waals surface area contributed by atoms with Crippen molar-refractivity contribution in [2.45, 2.75) is 43.9 Å². The monoisotopic (exact) mass is 198 g/mol. The molecule has 2 unspecified atom stereocenters. The third kappa shape index (κ3) is 4.02. The van der Waals surface area contributed by atoms with E-state index < -0.39 is 0 Å². The molecule has 3 heteroatoms. The molecule has 0 aliphatic carbocycles. The molecule has 74 valence electrons. The van der Waals surface area contributed by atoms with Gasteiger partial charge in [0.15, 0.2) is 0 Å². The van der Waals surface area contributed by atoms with Crippen LogP contribution in [0.15, 0.2) is 0 Å². The highest BCUT2D eigenvalue weighted by molar-refractivity contribution is 7.99. The summed E-state index contributed by atoms with van der Waals surface area (Å²) in [4.78, 5) is 0. The smallest absolute Gasteiger partial charge is 0.0950 e. The van der Waals surface area contributed by atoms with Crippen molar-refractivity contribution in [3.05, 3.63) is 0 Å². The second-order valence-electron chi connectivity index (χ2n) is 3.49. The first-order valence-electron chi connectivity index (χ1n) is 5.11. The fraction of sp³-hybridized carbons (Fsp3) is 0.900. The van der Waals surface area contributed by atoms with E-state index in [0.717, 1.165) is 18.2 Å². The van der Waals surface area contributed by atoms with E-state index in [0.29, 0.717) is 0 Å². The number of nitrogens with one attached hydrogen (secondary N) is 1. The minimum Gasteiger partial charge on any atom is -0.301 e. The molecule has 1 heterocycles. The number of nitrogens with zero attached hydrogens (tertiary/aromatic N) is 1. The SMILES string of the molecule is CCC(C#N)NCC1CCCCS1. The Morgan fingerprint density at radius 2 is 2.46 bits per heavy atom. The van der Waals surface area contributed by atoms with Crippen LogP contribution in [0, 0.1) is 11.3 Å². The van der Waals surface area contributed by atoms with Gasteiger partial charge in [0.05, 0.1) is 12.1 Å². The number of hydrogen-bond donors (Lipinski definition) is 1. The molecule has 0 spiro atoms. The molecule has 0 bridgehead atoms. The van der Waals surface area contributed by atoms with E-state index in [4.69, 9.17) is 5.26 Å². The summed E-state index contributed by atoms with van der Waals surface area (Å²) in [6.45, 7) is 3.06. The molecule has 0 aromatic rings. The first-order chi connectivity index (χ1) is 6.36. The molecule has 1 aliphatic heterocycles. The van der Waals surface area contributed by atoms with E-state index in [1.54, 1.807) is 0 Å². The molecule has 13 heavy (non-hydrogen) atoms. The minimum absolute atomic E-state index is 0.0579. The Kier molecular flexibility index (Phi) is 5.26. The molecule has 0 aromatic heterocycles. The van der Waals surface area contributed by atoms with Crippen molar-refractivity contribution in [1.82, 2.24) is 5.32 Å². The Morgan fingerprint density at radius 3 is 3.00 bits per heavy atom. The Balaban J connectivity index is 2.13. The fourth-order valence-electron chi connectivity index (χ4n) is 1.52. The molecule has 1 fully saturated rings. The lowest BCUT2D eigenvalue weighted by Crippen LogP contribution is -2.34.